The zero-order chi connectivity index (χ0) is 15.2. The second-order valence-electron chi connectivity index (χ2n) is 5.08. The van der Waals surface area contributed by atoms with Crippen molar-refractivity contribution in [1.82, 2.24) is 5.32 Å². The molecule has 0 unspecified atom stereocenters. The summed E-state index contributed by atoms with van der Waals surface area (Å²) in [5.41, 5.74) is 0. The van der Waals surface area contributed by atoms with Crippen LogP contribution in [0.4, 0.5) is 0 Å². The maximum absolute atomic E-state index is 11.9. The lowest BCUT2D eigenvalue weighted by atomic mass is 10.0. The Morgan fingerprint density at radius 1 is 1.33 bits per heavy atom. The third-order valence-electron chi connectivity index (χ3n) is 3.60. The van der Waals surface area contributed by atoms with Crippen LogP contribution in [0.3, 0.4) is 0 Å². The number of thioether (sulfide) groups is 1. The summed E-state index contributed by atoms with van der Waals surface area (Å²) in [7, 11) is 0. The fourth-order valence-electron chi connectivity index (χ4n) is 2.52. The number of carboxylic acids is 1. The van der Waals surface area contributed by atoms with E-state index in [2.05, 4.69) is 5.32 Å². The SMILES string of the molecule is O=C(CCSc1ccccc1Cl)N[C@H]1CCC[C@H]1C(=O)O. The molecule has 6 heteroatoms. The first-order valence-electron chi connectivity index (χ1n) is 6.97. The van der Waals surface area contributed by atoms with Gasteiger partial charge in [0.15, 0.2) is 0 Å². The van der Waals surface area contributed by atoms with Crippen molar-refractivity contribution in [1.29, 1.82) is 0 Å². The van der Waals surface area contributed by atoms with E-state index in [1.807, 2.05) is 24.3 Å². The minimum atomic E-state index is -0.816. The van der Waals surface area contributed by atoms with Crippen LogP contribution in [0.1, 0.15) is 25.7 Å². The van der Waals surface area contributed by atoms with E-state index in [9.17, 15) is 9.59 Å². The molecule has 0 heterocycles. The molecule has 1 aromatic rings. The molecule has 1 amide bonds. The first kappa shape index (κ1) is 16.2. The van der Waals surface area contributed by atoms with Crippen LogP contribution in [0.15, 0.2) is 29.2 Å². The van der Waals surface area contributed by atoms with Gasteiger partial charge in [0.05, 0.1) is 10.9 Å². The van der Waals surface area contributed by atoms with Gasteiger partial charge in [-0.05, 0) is 25.0 Å². The molecule has 1 saturated carbocycles. The molecule has 0 aliphatic heterocycles. The largest absolute Gasteiger partial charge is 0.481 e. The van der Waals surface area contributed by atoms with Gasteiger partial charge < -0.3 is 10.4 Å². The molecule has 114 valence electrons. The molecule has 1 fully saturated rings. The normalized spacial score (nSPS) is 21.2. The van der Waals surface area contributed by atoms with Crippen LogP contribution < -0.4 is 5.32 Å². The predicted molar refractivity (Wildman–Crippen MR) is 83.7 cm³/mol. The predicted octanol–water partition coefficient (Wildman–Crippen LogP) is 3.19. The summed E-state index contributed by atoms with van der Waals surface area (Å²) < 4.78 is 0. The molecule has 0 bridgehead atoms. The molecule has 2 atom stereocenters. The van der Waals surface area contributed by atoms with Crippen LogP contribution >= 0.6 is 23.4 Å². The van der Waals surface area contributed by atoms with Crippen LogP contribution in [0.25, 0.3) is 0 Å². The van der Waals surface area contributed by atoms with Gasteiger partial charge in [0, 0.05) is 23.1 Å². The fourth-order valence-corrected chi connectivity index (χ4v) is 3.71. The Morgan fingerprint density at radius 2 is 2.10 bits per heavy atom. The summed E-state index contributed by atoms with van der Waals surface area (Å²) in [6.45, 7) is 0. The van der Waals surface area contributed by atoms with Gasteiger partial charge in [-0.3, -0.25) is 9.59 Å². The monoisotopic (exact) mass is 327 g/mol. The van der Waals surface area contributed by atoms with Crippen LogP contribution in [-0.2, 0) is 9.59 Å². The highest BCUT2D eigenvalue weighted by atomic mass is 35.5. The lowest BCUT2D eigenvalue weighted by Gasteiger charge is -2.17. The Kier molecular flexibility index (Phi) is 5.94. The number of nitrogens with one attached hydrogen (secondary N) is 1. The molecule has 0 aromatic heterocycles. The van der Waals surface area contributed by atoms with Crippen LogP contribution in [0.5, 0.6) is 0 Å². The Bertz CT molecular complexity index is 523. The molecular formula is C15H18ClNO3S. The summed E-state index contributed by atoms with van der Waals surface area (Å²) in [5, 5.41) is 12.6. The molecule has 0 spiro atoms. The van der Waals surface area contributed by atoms with Gasteiger partial charge in [-0.1, -0.05) is 30.2 Å². The molecule has 2 N–H and O–H groups in total. The molecule has 1 aliphatic carbocycles. The van der Waals surface area contributed by atoms with Gasteiger partial charge in [0.25, 0.3) is 0 Å². The Balaban J connectivity index is 1.75. The standard InChI is InChI=1S/C15H18ClNO3S/c16-11-5-1-2-7-13(11)21-9-8-14(18)17-12-6-3-4-10(12)15(19)20/h1-2,5,7,10,12H,3-4,6,8-9H2,(H,17,18)(H,19,20)/t10-,12+/m1/s1. The highest BCUT2D eigenvalue weighted by Crippen LogP contribution is 2.28. The number of rotatable bonds is 6. The number of benzene rings is 1. The van der Waals surface area contributed by atoms with E-state index >= 15 is 0 Å². The van der Waals surface area contributed by atoms with Crippen molar-refractivity contribution in [3.05, 3.63) is 29.3 Å². The van der Waals surface area contributed by atoms with Gasteiger partial charge in [0.1, 0.15) is 0 Å². The van der Waals surface area contributed by atoms with Crippen molar-refractivity contribution in [3.63, 3.8) is 0 Å². The minimum Gasteiger partial charge on any atom is -0.481 e. The van der Waals surface area contributed by atoms with E-state index in [0.717, 1.165) is 17.7 Å². The molecule has 21 heavy (non-hydrogen) atoms. The fraction of sp³-hybridized carbons (Fsp3) is 0.467. The average Bonchev–Trinajstić information content (AvgIpc) is 2.89. The number of hydrogen-bond acceptors (Lipinski definition) is 3. The smallest absolute Gasteiger partial charge is 0.308 e. The molecule has 0 radical (unpaired) electrons. The van der Waals surface area contributed by atoms with Crippen LogP contribution in [-0.4, -0.2) is 28.8 Å². The van der Waals surface area contributed by atoms with Gasteiger partial charge >= 0.3 is 5.97 Å². The van der Waals surface area contributed by atoms with Gasteiger partial charge in [-0.25, -0.2) is 0 Å². The van der Waals surface area contributed by atoms with E-state index < -0.39 is 11.9 Å². The Labute approximate surface area is 133 Å². The Hall–Kier alpha value is -1.20. The molecule has 4 nitrogen and oxygen atoms in total. The molecule has 1 aliphatic rings. The average molecular weight is 328 g/mol. The summed E-state index contributed by atoms with van der Waals surface area (Å²) >= 11 is 7.58. The Morgan fingerprint density at radius 3 is 2.81 bits per heavy atom. The number of halogens is 1. The molecular weight excluding hydrogens is 310 g/mol. The molecule has 1 aromatic carbocycles. The first-order chi connectivity index (χ1) is 10.1. The minimum absolute atomic E-state index is 0.0901. The summed E-state index contributed by atoms with van der Waals surface area (Å²) in [6, 6.07) is 7.29. The van der Waals surface area contributed by atoms with Crippen LogP contribution in [0.2, 0.25) is 5.02 Å². The lowest BCUT2D eigenvalue weighted by Crippen LogP contribution is -2.40. The topological polar surface area (TPSA) is 66.4 Å². The van der Waals surface area contributed by atoms with E-state index in [4.69, 9.17) is 16.7 Å². The number of aliphatic carboxylic acids is 1. The zero-order valence-electron chi connectivity index (χ0n) is 11.5. The van der Waals surface area contributed by atoms with E-state index in [1.54, 1.807) is 0 Å². The van der Waals surface area contributed by atoms with Gasteiger partial charge in [-0.2, -0.15) is 0 Å². The summed E-state index contributed by atoms with van der Waals surface area (Å²) in [4.78, 5) is 23.9. The third kappa shape index (κ3) is 4.64. The van der Waals surface area contributed by atoms with Crippen molar-refractivity contribution in [2.75, 3.05) is 5.75 Å². The number of carboxylic acid groups (broad SMARTS) is 1. The molecule has 2 rings (SSSR count). The maximum Gasteiger partial charge on any atom is 0.308 e. The van der Waals surface area contributed by atoms with Crippen molar-refractivity contribution in [2.24, 2.45) is 5.92 Å². The van der Waals surface area contributed by atoms with Crippen molar-refractivity contribution in [3.8, 4) is 0 Å². The van der Waals surface area contributed by atoms with E-state index in [-0.39, 0.29) is 11.9 Å². The summed E-state index contributed by atoms with van der Waals surface area (Å²) in [5.74, 6) is -0.721. The highest BCUT2D eigenvalue weighted by molar-refractivity contribution is 7.99. The van der Waals surface area contributed by atoms with E-state index in [1.165, 1.54) is 11.8 Å². The lowest BCUT2D eigenvalue weighted by molar-refractivity contribution is -0.142. The van der Waals surface area contributed by atoms with Crippen molar-refractivity contribution >= 4 is 35.2 Å². The number of carbonyl (C=O) groups excluding carboxylic acids is 1. The molecule has 0 saturated heterocycles. The highest BCUT2D eigenvalue weighted by Gasteiger charge is 2.33. The second kappa shape index (κ2) is 7.71. The quantitative estimate of drug-likeness (QED) is 0.787. The third-order valence-corrected chi connectivity index (χ3v) is 5.12. The van der Waals surface area contributed by atoms with E-state index in [0.29, 0.717) is 23.6 Å². The van der Waals surface area contributed by atoms with Gasteiger partial charge in [0.2, 0.25) is 5.91 Å². The van der Waals surface area contributed by atoms with Gasteiger partial charge in [-0.15, -0.1) is 11.8 Å². The number of carbonyl (C=O) groups is 2. The van der Waals surface area contributed by atoms with Crippen molar-refractivity contribution < 1.29 is 14.7 Å². The van der Waals surface area contributed by atoms with Crippen LogP contribution in [0, 0.1) is 5.92 Å². The second-order valence-corrected chi connectivity index (χ2v) is 6.62. The maximum atomic E-state index is 11.9. The first-order valence-corrected chi connectivity index (χ1v) is 8.34. The summed E-state index contributed by atoms with van der Waals surface area (Å²) in [6.07, 6.45) is 2.62. The number of hydrogen-bond donors (Lipinski definition) is 2. The van der Waals surface area contributed by atoms with Crippen molar-refractivity contribution in [2.45, 2.75) is 36.6 Å². The number of amides is 1. The zero-order valence-corrected chi connectivity index (χ0v) is 13.1.